The Morgan fingerprint density at radius 2 is 1.70 bits per heavy atom. The first-order valence-corrected chi connectivity index (χ1v) is 7.23. The van der Waals surface area contributed by atoms with Crippen molar-refractivity contribution in [2.24, 2.45) is 5.73 Å². The highest BCUT2D eigenvalue weighted by atomic mass is 16.2. The van der Waals surface area contributed by atoms with Crippen LogP contribution in [0.1, 0.15) is 5.56 Å². The summed E-state index contributed by atoms with van der Waals surface area (Å²) in [6.07, 6.45) is 0. The summed E-state index contributed by atoms with van der Waals surface area (Å²) in [5.74, 6) is -0.474. The minimum Gasteiger partial charge on any atom is -0.374 e. The molecule has 0 fully saturated rings. The number of nitrogens with one attached hydrogen (secondary N) is 2. The van der Waals surface area contributed by atoms with Gasteiger partial charge in [0.05, 0.1) is 17.9 Å². The molecule has 3 amide bonds. The molecule has 0 bridgehead atoms. The van der Waals surface area contributed by atoms with Crippen molar-refractivity contribution in [1.29, 1.82) is 0 Å². The van der Waals surface area contributed by atoms with Gasteiger partial charge in [0.15, 0.2) is 0 Å². The predicted molar refractivity (Wildman–Crippen MR) is 91.2 cm³/mol. The number of urea groups is 1. The van der Waals surface area contributed by atoms with Gasteiger partial charge in [-0.2, -0.15) is 0 Å². The van der Waals surface area contributed by atoms with Crippen LogP contribution < -0.4 is 21.3 Å². The molecule has 0 saturated carbocycles. The topological polar surface area (TPSA) is 87.5 Å². The van der Waals surface area contributed by atoms with E-state index in [2.05, 4.69) is 22.3 Å². The van der Waals surface area contributed by atoms with Gasteiger partial charge in [0.2, 0.25) is 5.91 Å². The standard InChI is InChI=1S/C17H20N4O2/c1-21(12-13-7-3-2-4-8-13)15-10-6-5-9-14(15)19-11-16(22)20-17(18)23/h2-10,19H,11-12H2,1H3,(H3,18,20,22,23). The third-order valence-corrected chi connectivity index (χ3v) is 3.28. The van der Waals surface area contributed by atoms with Crippen LogP contribution in [-0.2, 0) is 11.3 Å². The maximum absolute atomic E-state index is 11.5. The monoisotopic (exact) mass is 312 g/mol. The van der Waals surface area contributed by atoms with Gasteiger partial charge < -0.3 is 16.0 Å². The Balaban J connectivity index is 2.04. The van der Waals surface area contributed by atoms with Crippen LogP contribution in [0.25, 0.3) is 0 Å². The quantitative estimate of drug-likeness (QED) is 0.760. The van der Waals surface area contributed by atoms with Crippen molar-refractivity contribution < 1.29 is 9.59 Å². The smallest absolute Gasteiger partial charge is 0.318 e. The second kappa shape index (κ2) is 7.84. The molecule has 2 aromatic carbocycles. The van der Waals surface area contributed by atoms with E-state index in [1.54, 1.807) is 0 Å². The third-order valence-electron chi connectivity index (χ3n) is 3.28. The van der Waals surface area contributed by atoms with Crippen molar-refractivity contribution in [1.82, 2.24) is 5.32 Å². The molecule has 6 nitrogen and oxygen atoms in total. The molecule has 2 rings (SSSR count). The Hall–Kier alpha value is -3.02. The lowest BCUT2D eigenvalue weighted by atomic mass is 10.2. The highest BCUT2D eigenvalue weighted by Crippen LogP contribution is 2.25. The number of para-hydroxylation sites is 2. The molecule has 0 aliphatic rings. The third kappa shape index (κ3) is 5.03. The van der Waals surface area contributed by atoms with Gasteiger partial charge >= 0.3 is 6.03 Å². The highest BCUT2D eigenvalue weighted by Gasteiger charge is 2.09. The Kier molecular flexibility index (Phi) is 5.57. The fourth-order valence-corrected chi connectivity index (χ4v) is 2.26. The van der Waals surface area contributed by atoms with Crippen molar-refractivity contribution >= 4 is 23.3 Å². The van der Waals surface area contributed by atoms with E-state index < -0.39 is 11.9 Å². The van der Waals surface area contributed by atoms with E-state index >= 15 is 0 Å². The Bertz CT molecular complexity index is 673. The highest BCUT2D eigenvalue weighted by molar-refractivity contribution is 5.95. The largest absolute Gasteiger partial charge is 0.374 e. The summed E-state index contributed by atoms with van der Waals surface area (Å²) in [4.78, 5) is 24.3. The maximum atomic E-state index is 11.5. The average Bonchev–Trinajstić information content (AvgIpc) is 2.53. The van der Waals surface area contributed by atoms with E-state index in [-0.39, 0.29) is 6.54 Å². The Morgan fingerprint density at radius 3 is 2.39 bits per heavy atom. The van der Waals surface area contributed by atoms with E-state index in [1.165, 1.54) is 5.56 Å². The summed E-state index contributed by atoms with van der Waals surface area (Å²) >= 11 is 0. The number of benzene rings is 2. The van der Waals surface area contributed by atoms with Crippen LogP contribution in [0.4, 0.5) is 16.2 Å². The number of nitrogens with two attached hydrogens (primary N) is 1. The average molecular weight is 312 g/mol. The molecule has 0 radical (unpaired) electrons. The molecule has 0 saturated heterocycles. The number of carbonyl (C=O) groups is 2. The maximum Gasteiger partial charge on any atom is 0.318 e. The van der Waals surface area contributed by atoms with Gasteiger partial charge in [0.1, 0.15) is 0 Å². The summed E-state index contributed by atoms with van der Waals surface area (Å²) in [6.45, 7) is 0.714. The van der Waals surface area contributed by atoms with E-state index in [4.69, 9.17) is 5.73 Å². The van der Waals surface area contributed by atoms with Crippen molar-refractivity contribution in [2.75, 3.05) is 23.8 Å². The van der Waals surface area contributed by atoms with Crippen LogP contribution in [0.2, 0.25) is 0 Å². The SMILES string of the molecule is CN(Cc1ccccc1)c1ccccc1NCC(=O)NC(N)=O. The van der Waals surface area contributed by atoms with Crippen LogP contribution in [0, 0.1) is 0 Å². The van der Waals surface area contributed by atoms with Gasteiger partial charge in [0, 0.05) is 13.6 Å². The van der Waals surface area contributed by atoms with Gasteiger partial charge in [-0.3, -0.25) is 10.1 Å². The molecule has 120 valence electrons. The van der Waals surface area contributed by atoms with Crippen LogP contribution in [0.3, 0.4) is 0 Å². The fourth-order valence-electron chi connectivity index (χ4n) is 2.26. The normalized spacial score (nSPS) is 9.96. The molecule has 0 heterocycles. The summed E-state index contributed by atoms with van der Waals surface area (Å²) < 4.78 is 0. The van der Waals surface area contributed by atoms with Crippen LogP contribution in [0.15, 0.2) is 54.6 Å². The summed E-state index contributed by atoms with van der Waals surface area (Å²) in [5.41, 5.74) is 7.88. The van der Waals surface area contributed by atoms with Crippen molar-refractivity contribution in [3.05, 3.63) is 60.2 Å². The molecule has 23 heavy (non-hydrogen) atoms. The van der Waals surface area contributed by atoms with Gasteiger partial charge in [-0.25, -0.2) is 4.79 Å². The van der Waals surface area contributed by atoms with Gasteiger partial charge in [-0.15, -0.1) is 0 Å². The molecular weight excluding hydrogens is 292 g/mol. The van der Waals surface area contributed by atoms with Gasteiger partial charge in [-0.05, 0) is 17.7 Å². The molecule has 0 aliphatic carbocycles. The number of nitrogens with zero attached hydrogens (tertiary/aromatic N) is 1. The van der Waals surface area contributed by atoms with Crippen LogP contribution >= 0.6 is 0 Å². The first kappa shape index (κ1) is 16.4. The molecule has 0 atom stereocenters. The minimum atomic E-state index is -0.855. The number of hydrogen-bond donors (Lipinski definition) is 3. The molecule has 0 aromatic heterocycles. The van der Waals surface area contributed by atoms with E-state index in [0.717, 1.165) is 17.9 Å². The summed E-state index contributed by atoms with van der Waals surface area (Å²) in [5, 5.41) is 5.05. The second-order valence-corrected chi connectivity index (χ2v) is 5.12. The molecule has 4 N–H and O–H groups in total. The Labute approximate surface area is 135 Å². The second-order valence-electron chi connectivity index (χ2n) is 5.12. The number of rotatable bonds is 6. The van der Waals surface area contributed by atoms with Crippen molar-refractivity contribution in [2.45, 2.75) is 6.54 Å². The summed E-state index contributed by atoms with van der Waals surface area (Å²) in [6, 6.07) is 16.9. The summed E-state index contributed by atoms with van der Waals surface area (Å²) in [7, 11) is 1.98. The lowest BCUT2D eigenvalue weighted by molar-refractivity contribution is -0.118. The fraction of sp³-hybridized carbons (Fsp3) is 0.176. The first-order valence-electron chi connectivity index (χ1n) is 7.23. The van der Waals surface area contributed by atoms with Crippen molar-refractivity contribution in [3.8, 4) is 0 Å². The molecule has 2 aromatic rings. The van der Waals surface area contributed by atoms with Crippen LogP contribution in [0.5, 0.6) is 0 Å². The van der Waals surface area contributed by atoms with E-state index in [0.29, 0.717) is 0 Å². The number of primary amides is 1. The number of hydrogen-bond acceptors (Lipinski definition) is 4. The molecule has 6 heteroatoms. The number of imide groups is 1. The molecule has 0 unspecified atom stereocenters. The number of amides is 3. The number of carbonyl (C=O) groups excluding carboxylic acids is 2. The number of anilines is 2. The minimum absolute atomic E-state index is 0.0286. The molecular formula is C17H20N4O2. The zero-order valence-electron chi connectivity index (χ0n) is 13.0. The van der Waals surface area contributed by atoms with E-state index in [1.807, 2.05) is 54.8 Å². The van der Waals surface area contributed by atoms with Crippen molar-refractivity contribution in [3.63, 3.8) is 0 Å². The zero-order valence-corrected chi connectivity index (χ0v) is 13.0. The lowest BCUT2D eigenvalue weighted by Gasteiger charge is -2.23. The lowest BCUT2D eigenvalue weighted by Crippen LogP contribution is -2.38. The van der Waals surface area contributed by atoms with Crippen LogP contribution in [-0.4, -0.2) is 25.5 Å². The van der Waals surface area contributed by atoms with Gasteiger partial charge in [-0.1, -0.05) is 42.5 Å². The predicted octanol–water partition coefficient (Wildman–Crippen LogP) is 1.93. The molecule has 0 aliphatic heterocycles. The van der Waals surface area contributed by atoms with E-state index in [9.17, 15) is 9.59 Å². The Morgan fingerprint density at radius 1 is 1.04 bits per heavy atom. The molecule has 0 spiro atoms. The van der Waals surface area contributed by atoms with Gasteiger partial charge in [0.25, 0.3) is 0 Å². The zero-order chi connectivity index (χ0) is 16.7. The first-order chi connectivity index (χ1) is 11.1.